The molecule has 0 spiro atoms. The molecule has 0 aliphatic carbocycles. The molecule has 1 unspecified atom stereocenters. The first kappa shape index (κ1) is 13.6. The molecule has 0 fully saturated rings. The molecule has 3 nitrogen and oxygen atoms in total. The van der Waals surface area contributed by atoms with Crippen molar-refractivity contribution in [3.8, 4) is 0 Å². The first-order valence-electron chi connectivity index (χ1n) is 6.48. The van der Waals surface area contributed by atoms with Gasteiger partial charge in [-0.2, -0.15) is 0 Å². The Labute approximate surface area is 112 Å². The molecule has 0 saturated heterocycles. The van der Waals surface area contributed by atoms with E-state index in [0.29, 0.717) is 5.82 Å². The molecule has 1 atom stereocenters. The van der Waals surface area contributed by atoms with E-state index in [1.165, 1.54) is 12.1 Å². The predicted molar refractivity (Wildman–Crippen MR) is 73.3 cm³/mol. The van der Waals surface area contributed by atoms with Gasteiger partial charge in [0.25, 0.3) is 0 Å². The second-order valence-electron chi connectivity index (χ2n) is 4.56. The number of nitrogens with zero attached hydrogens (tertiary/aromatic N) is 2. The smallest absolute Gasteiger partial charge is 0.149 e. The molecule has 0 radical (unpaired) electrons. The highest BCUT2D eigenvalue weighted by molar-refractivity contribution is 5.25. The molecule has 0 amide bonds. The SMILES string of the molecule is CCCNC(c1ccc(F)cc1)c1ncc(C)cn1. The molecule has 4 heteroatoms. The lowest BCUT2D eigenvalue weighted by Gasteiger charge is -2.17. The highest BCUT2D eigenvalue weighted by atomic mass is 19.1. The Morgan fingerprint density at radius 2 is 1.79 bits per heavy atom. The minimum absolute atomic E-state index is 0.0962. The highest BCUT2D eigenvalue weighted by Gasteiger charge is 2.15. The predicted octanol–water partition coefficient (Wildman–Crippen LogP) is 3.01. The van der Waals surface area contributed by atoms with Gasteiger partial charge in [-0.1, -0.05) is 19.1 Å². The van der Waals surface area contributed by atoms with Gasteiger partial charge in [0.2, 0.25) is 0 Å². The summed E-state index contributed by atoms with van der Waals surface area (Å²) in [5, 5.41) is 3.39. The Kier molecular flexibility index (Phi) is 4.58. The van der Waals surface area contributed by atoms with Crippen LogP contribution in [-0.4, -0.2) is 16.5 Å². The average molecular weight is 259 g/mol. The van der Waals surface area contributed by atoms with Crippen LogP contribution in [0.3, 0.4) is 0 Å². The zero-order valence-electron chi connectivity index (χ0n) is 11.2. The van der Waals surface area contributed by atoms with Crippen molar-refractivity contribution in [1.29, 1.82) is 0 Å². The normalized spacial score (nSPS) is 12.4. The van der Waals surface area contributed by atoms with E-state index in [2.05, 4.69) is 22.2 Å². The summed E-state index contributed by atoms with van der Waals surface area (Å²) < 4.78 is 13.0. The lowest BCUT2D eigenvalue weighted by atomic mass is 10.1. The van der Waals surface area contributed by atoms with Crippen LogP contribution < -0.4 is 5.32 Å². The first-order valence-corrected chi connectivity index (χ1v) is 6.48. The summed E-state index contributed by atoms with van der Waals surface area (Å²) in [6, 6.07) is 6.37. The Balaban J connectivity index is 2.29. The molecule has 1 aromatic carbocycles. The van der Waals surface area contributed by atoms with Gasteiger partial charge in [-0.25, -0.2) is 14.4 Å². The van der Waals surface area contributed by atoms with Crippen molar-refractivity contribution in [3.05, 3.63) is 59.4 Å². The van der Waals surface area contributed by atoms with Crippen molar-refractivity contribution in [2.24, 2.45) is 0 Å². The molecule has 19 heavy (non-hydrogen) atoms. The van der Waals surface area contributed by atoms with Crippen molar-refractivity contribution < 1.29 is 4.39 Å². The number of benzene rings is 1. The fourth-order valence-electron chi connectivity index (χ4n) is 1.85. The van der Waals surface area contributed by atoms with E-state index in [1.807, 2.05) is 6.92 Å². The average Bonchev–Trinajstić information content (AvgIpc) is 2.43. The van der Waals surface area contributed by atoms with E-state index in [9.17, 15) is 4.39 Å². The standard InChI is InChI=1S/C15H18FN3/c1-3-8-17-14(12-4-6-13(16)7-5-12)15-18-9-11(2)10-19-15/h4-7,9-10,14,17H,3,8H2,1-2H3. The summed E-state index contributed by atoms with van der Waals surface area (Å²) in [6.07, 6.45) is 4.61. The lowest BCUT2D eigenvalue weighted by Crippen LogP contribution is -2.25. The van der Waals surface area contributed by atoms with Crippen LogP contribution >= 0.6 is 0 Å². The molecule has 2 aromatic rings. The Bertz CT molecular complexity index is 462. The van der Waals surface area contributed by atoms with Gasteiger partial charge in [-0.3, -0.25) is 0 Å². The summed E-state index contributed by atoms with van der Waals surface area (Å²) in [4.78, 5) is 8.73. The van der Waals surface area contributed by atoms with Crippen LogP contribution in [0.1, 0.15) is 36.3 Å². The zero-order valence-corrected chi connectivity index (χ0v) is 11.2. The van der Waals surface area contributed by atoms with Gasteiger partial charge >= 0.3 is 0 Å². The van der Waals surface area contributed by atoms with Crippen LogP contribution in [0.25, 0.3) is 0 Å². The molecule has 1 heterocycles. The number of aryl methyl sites for hydroxylation is 1. The van der Waals surface area contributed by atoms with Crippen molar-refractivity contribution in [2.45, 2.75) is 26.3 Å². The third-order valence-electron chi connectivity index (χ3n) is 2.86. The fourth-order valence-corrected chi connectivity index (χ4v) is 1.85. The van der Waals surface area contributed by atoms with Gasteiger partial charge in [-0.15, -0.1) is 0 Å². The number of halogens is 1. The van der Waals surface area contributed by atoms with Gasteiger partial charge in [-0.05, 0) is 43.1 Å². The van der Waals surface area contributed by atoms with Crippen molar-refractivity contribution in [2.75, 3.05) is 6.54 Å². The van der Waals surface area contributed by atoms with E-state index < -0.39 is 0 Å². The van der Waals surface area contributed by atoms with E-state index in [0.717, 1.165) is 24.1 Å². The van der Waals surface area contributed by atoms with Crippen LogP contribution in [0, 0.1) is 12.7 Å². The summed E-state index contributed by atoms with van der Waals surface area (Å²) >= 11 is 0. The van der Waals surface area contributed by atoms with Crippen molar-refractivity contribution >= 4 is 0 Å². The fraction of sp³-hybridized carbons (Fsp3) is 0.333. The second kappa shape index (κ2) is 6.38. The summed E-state index contributed by atoms with van der Waals surface area (Å²) in [5.41, 5.74) is 2.00. The first-order chi connectivity index (χ1) is 9.20. The molecule has 0 aliphatic rings. The molecule has 0 aliphatic heterocycles. The van der Waals surface area contributed by atoms with E-state index in [-0.39, 0.29) is 11.9 Å². The van der Waals surface area contributed by atoms with Crippen LogP contribution in [0.5, 0.6) is 0 Å². The topological polar surface area (TPSA) is 37.8 Å². The van der Waals surface area contributed by atoms with Gasteiger partial charge in [0.05, 0.1) is 6.04 Å². The van der Waals surface area contributed by atoms with Gasteiger partial charge < -0.3 is 5.32 Å². The van der Waals surface area contributed by atoms with Crippen LogP contribution in [-0.2, 0) is 0 Å². The summed E-state index contributed by atoms with van der Waals surface area (Å²) in [7, 11) is 0. The number of nitrogens with one attached hydrogen (secondary N) is 1. The Hall–Kier alpha value is -1.81. The van der Waals surface area contributed by atoms with E-state index in [4.69, 9.17) is 0 Å². The largest absolute Gasteiger partial charge is 0.304 e. The molecule has 0 bridgehead atoms. The van der Waals surface area contributed by atoms with Crippen LogP contribution in [0.4, 0.5) is 4.39 Å². The Morgan fingerprint density at radius 3 is 2.37 bits per heavy atom. The number of hydrogen-bond donors (Lipinski definition) is 1. The molecular weight excluding hydrogens is 241 g/mol. The minimum atomic E-state index is -0.234. The number of aromatic nitrogens is 2. The highest BCUT2D eigenvalue weighted by Crippen LogP contribution is 2.19. The van der Waals surface area contributed by atoms with Crippen molar-refractivity contribution in [1.82, 2.24) is 15.3 Å². The zero-order chi connectivity index (χ0) is 13.7. The molecule has 2 rings (SSSR count). The third kappa shape index (κ3) is 3.58. The maximum Gasteiger partial charge on any atom is 0.149 e. The quantitative estimate of drug-likeness (QED) is 0.897. The molecule has 0 saturated carbocycles. The summed E-state index contributed by atoms with van der Waals surface area (Å²) in [6.45, 7) is 4.92. The second-order valence-corrected chi connectivity index (χ2v) is 4.56. The number of rotatable bonds is 5. The van der Waals surface area contributed by atoms with Crippen LogP contribution in [0.15, 0.2) is 36.7 Å². The maximum absolute atomic E-state index is 13.0. The van der Waals surface area contributed by atoms with Gasteiger partial charge in [0.1, 0.15) is 11.6 Å². The number of hydrogen-bond acceptors (Lipinski definition) is 3. The molecule has 1 N–H and O–H groups in total. The van der Waals surface area contributed by atoms with Crippen LogP contribution in [0.2, 0.25) is 0 Å². The lowest BCUT2D eigenvalue weighted by molar-refractivity contribution is 0.568. The van der Waals surface area contributed by atoms with Crippen molar-refractivity contribution in [3.63, 3.8) is 0 Å². The van der Waals surface area contributed by atoms with E-state index in [1.54, 1.807) is 24.5 Å². The maximum atomic E-state index is 13.0. The molecule has 1 aromatic heterocycles. The van der Waals surface area contributed by atoms with E-state index >= 15 is 0 Å². The minimum Gasteiger partial charge on any atom is -0.304 e. The molecule has 100 valence electrons. The Morgan fingerprint density at radius 1 is 1.16 bits per heavy atom. The third-order valence-corrected chi connectivity index (χ3v) is 2.86. The monoisotopic (exact) mass is 259 g/mol. The molecular formula is C15H18FN3. The summed E-state index contributed by atoms with van der Waals surface area (Å²) in [5.74, 6) is 0.480. The van der Waals surface area contributed by atoms with Gasteiger partial charge in [0.15, 0.2) is 0 Å². The van der Waals surface area contributed by atoms with Gasteiger partial charge in [0, 0.05) is 12.4 Å².